The van der Waals surface area contributed by atoms with E-state index < -0.39 is 77.0 Å². The molecule has 0 spiro atoms. The number of carbonyl (C=O) groups excluding carboxylic acids is 7. The lowest BCUT2D eigenvalue weighted by molar-refractivity contribution is -0.136. The number of unbranched alkanes of at least 4 members (excludes halogenated alkanes) is 3. The molecule has 6 amide bonds. The van der Waals surface area contributed by atoms with Gasteiger partial charge < -0.3 is 84.0 Å². The van der Waals surface area contributed by atoms with E-state index >= 15 is 0 Å². The molecule has 0 heterocycles. The number of hydrogen-bond acceptors (Lipinski definition) is 21. The Balaban J connectivity index is 2.79. The highest BCUT2D eigenvalue weighted by Gasteiger charge is 2.29. The standard InChI is InChI=1S/C55H88F5N15O18/c56-48-49(57)51(59)53(52(60)50(48)58)93-47(80)13-24-86-32-37-91-39-40-92-38-36-87-25-17-67-54(81)41(8-3-5-15-65-44(77)11-22-84-30-34-89-27-19-69-74-62)72-55(82)42(7-2-1-4-14-64-43(76)10-21-83-29-33-88-26-18-68-73-61)71-46(79)9-6-16-66-45(78)12-23-85-31-35-90-28-20-70-75-63/h41-42H,1-40H2,(H,64,76)(H,65,77)(H,66,78)(H,67,81)(H,71,79)(H,72,82)/t41-,42-/m0/s1. The lowest BCUT2D eigenvalue weighted by atomic mass is 10.0. The summed E-state index contributed by atoms with van der Waals surface area (Å²) in [6.45, 7) is 4.28. The first-order valence-corrected chi connectivity index (χ1v) is 30.4. The number of nitrogens with zero attached hydrogens (tertiary/aromatic N) is 9. The molecule has 0 aliphatic heterocycles. The van der Waals surface area contributed by atoms with E-state index in [2.05, 4.69) is 66.7 Å². The minimum Gasteiger partial charge on any atom is -0.420 e. The molecule has 1 rings (SSSR count). The number of rotatable bonds is 62. The fraction of sp³-hybridized carbons (Fsp3) is 0.764. The van der Waals surface area contributed by atoms with Gasteiger partial charge in [-0.3, -0.25) is 33.6 Å². The van der Waals surface area contributed by atoms with E-state index in [9.17, 15) is 55.5 Å². The van der Waals surface area contributed by atoms with E-state index in [-0.39, 0.29) is 234 Å². The van der Waals surface area contributed by atoms with Gasteiger partial charge >= 0.3 is 5.97 Å². The molecular weight excluding hydrogens is 1250 g/mol. The van der Waals surface area contributed by atoms with Gasteiger partial charge in [-0.15, -0.1) is 0 Å². The van der Waals surface area contributed by atoms with Gasteiger partial charge in [0.1, 0.15) is 12.1 Å². The van der Waals surface area contributed by atoms with Gasteiger partial charge in [0.2, 0.25) is 70.3 Å². The first-order chi connectivity index (χ1) is 45.2. The van der Waals surface area contributed by atoms with Crippen LogP contribution in [0.25, 0.3) is 31.3 Å². The molecule has 0 unspecified atom stereocenters. The van der Waals surface area contributed by atoms with Crippen LogP contribution < -0.4 is 36.6 Å². The normalized spacial score (nSPS) is 11.5. The predicted molar refractivity (Wildman–Crippen MR) is 318 cm³/mol. The fourth-order valence-corrected chi connectivity index (χ4v) is 7.43. The van der Waals surface area contributed by atoms with Crippen LogP contribution in [-0.2, 0) is 80.9 Å². The van der Waals surface area contributed by atoms with Crippen molar-refractivity contribution < 1.29 is 108 Å². The van der Waals surface area contributed by atoms with Gasteiger partial charge in [-0.1, -0.05) is 28.2 Å². The fourth-order valence-electron chi connectivity index (χ4n) is 7.43. The van der Waals surface area contributed by atoms with Gasteiger partial charge in [0, 0.05) is 86.2 Å². The van der Waals surface area contributed by atoms with Crippen LogP contribution in [0.5, 0.6) is 5.75 Å². The van der Waals surface area contributed by atoms with E-state index in [4.69, 9.17) is 64.0 Å². The molecule has 0 fully saturated rings. The molecule has 6 N–H and O–H groups in total. The Labute approximate surface area is 534 Å². The number of nitrogens with one attached hydrogen (secondary N) is 6. The summed E-state index contributed by atoms with van der Waals surface area (Å²) in [6.07, 6.45) is 2.50. The first-order valence-electron chi connectivity index (χ1n) is 30.4. The Kier molecular flexibility index (Phi) is 52.7. The number of carbonyl (C=O) groups is 7. The Bertz CT molecular complexity index is 2430. The van der Waals surface area contributed by atoms with Crippen molar-refractivity contribution in [3.05, 3.63) is 60.4 Å². The minimum atomic E-state index is -2.40. The molecule has 1 aromatic rings. The van der Waals surface area contributed by atoms with Crippen molar-refractivity contribution in [3.63, 3.8) is 0 Å². The zero-order chi connectivity index (χ0) is 68.2. The molecule has 0 aliphatic rings. The molecule has 0 aromatic heterocycles. The Hall–Kier alpha value is -7.31. The Morgan fingerprint density at radius 1 is 0.344 bits per heavy atom. The number of azide groups is 3. The molecule has 33 nitrogen and oxygen atoms in total. The van der Waals surface area contributed by atoms with E-state index in [0.29, 0.717) is 38.6 Å². The molecule has 0 saturated carbocycles. The predicted octanol–water partition coefficient (Wildman–Crippen LogP) is 3.89. The van der Waals surface area contributed by atoms with Gasteiger partial charge in [-0.2, -0.15) is 8.78 Å². The number of hydrogen-bond donors (Lipinski definition) is 6. The van der Waals surface area contributed by atoms with Crippen LogP contribution in [0.1, 0.15) is 83.5 Å². The molecule has 93 heavy (non-hydrogen) atoms. The zero-order valence-corrected chi connectivity index (χ0v) is 52.2. The number of benzene rings is 1. The van der Waals surface area contributed by atoms with Crippen LogP contribution in [0.2, 0.25) is 0 Å². The minimum absolute atomic E-state index is 0.0272. The molecule has 0 aliphatic carbocycles. The number of halogens is 5. The van der Waals surface area contributed by atoms with Gasteiger partial charge in [0.05, 0.1) is 139 Å². The topological polar surface area (TPSA) is 439 Å². The second kappa shape index (κ2) is 58.5. The summed E-state index contributed by atoms with van der Waals surface area (Å²) in [6, 6.07) is -2.17. The smallest absolute Gasteiger partial charge is 0.313 e. The van der Waals surface area contributed by atoms with Gasteiger partial charge in [-0.05, 0) is 55.1 Å². The first kappa shape index (κ1) is 83.7. The van der Waals surface area contributed by atoms with Crippen molar-refractivity contribution in [2.45, 2.75) is 95.6 Å². The monoisotopic (exact) mass is 1340 g/mol. The quantitative estimate of drug-likeness (QED) is 0.00620. The van der Waals surface area contributed by atoms with Crippen LogP contribution in [-0.4, -0.2) is 231 Å². The average Bonchev–Trinajstić information content (AvgIpc) is 0.880. The lowest BCUT2D eigenvalue weighted by Crippen LogP contribution is -2.54. The van der Waals surface area contributed by atoms with Gasteiger partial charge in [-0.25, -0.2) is 13.2 Å². The van der Waals surface area contributed by atoms with Crippen molar-refractivity contribution >= 4 is 41.4 Å². The van der Waals surface area contributed by atoms with Crippen LogP contribution >= 0.6 is 0 Å². The van der Waals surface area contributed by atoms with E-state index in [1.54, 1.807) is 0 Å². The van der Waals surface area contributed by atoms with Gasteiger partial charge in [0.25, 0.3) is 0 Å². The van der Waals surface area contributed by atoms with Crippen LogP contribution in [0.4, 0.5) is 22.0 Å². The summed E-state index contributed by atoms with van der Waals surface area (Å²) in [7, 11) is 0. The summed E-state index contributed by atoms with van der Waals surface area (Å²) in [5, 5.41) is 26.7. The van der Waals surface area contributed by atoms with Crippen molar-refractivity contribution in [2.24, 2.45) is 15.3 Å². The largest absolute Gasteiger partial charge is 0.420 e. The van der Waals surface area contributed by atoms with Crippen molar-refractivity contribution in [1.82, 2.24) is 31.9 Å². The molecule has 2 atom stereocenters. The number of ether oxygens (including phenoxy) is 11. The summed E-state index contributed by atoms with van der Waals surface area (Å²) >= 11 is 0. The van der Waals surface area contributed by atoms with E-state index in [1.165, 1.54) is 0 Å². The summed E-state index contributed by atoms with van der Waals surface area (Å²) < 4.78 is 125. The maximum Gasteiger partial charge on any atom is 0.313 e. The summed E-state index contributed by atoms with van der Waals surface area (Å²) in [5.74, 6) is -17.0. The van der Waals surface area contributed by atoms with Crippen molar-refractivity contribution in [3.8, 4) is 5.75 Å². The molecule has 526 valence electrons. The third-order valence-corrected chi connectivity index (χ3v) is 12.2. The molecule has 38 heteroatoms. The van der Waals surface area contributed by atoms with Crippen molar-refractivity contribution in [2.75, 3.05) is 178 Å². The second-order valence-corrected chi connectivity index (χ2v) is 19.3. The average molecular weight is 1340 g/mol. The Morgan fingerprint density at radius 3 is 1.12 bits per heavy atom. The molecule has 0 radical (unpaired) electrons. The SMILES string of the molecule is [N-]=[N+]=NCCOCCOCCC(=O)NCCCCC[C@H](NC(=O)CCCNC(=O)CCOCCOCCN=[N+]=[N-])C(=O)N[C@@H](CCCCNC(=O)CCOCCOCCN=[N+]=[N-])C(=O)NCCOCCOCCOCCOCCC(=O)Oc1c(F)c(F)c(F)c(F)c1F. The Morgan fingerprint density at radius 2 is 0.688 bits per heavy atom. The highest BCUT2D eigenvalue weighted by molar-refractivity contribution is 5.92. The maximum atomic E-state index is 14.1. The number of amides is 6. The molecular formula is C55H88F5N15O18. The van der Waals surface area contributed by atoms with Crippen LogP contribution in [0.3, 0.4) is 0 Å². The maximum absolute atomic E-state index is 14.1. The third-order valence-electron chi connectivity index (χ3n) is 12.2. The second-order valence-electron chi connectivity index (χ2n) is 19.3. The van der Waals surface area contributed by atoms with Gasteiger partial charge in [0.15, 0.2) is 0 Å². The van der Waals surface area contributed by atoms with E-state index in [1.807, 2.05) is 0 Å². The van der Waals surface area contributed by atoms with Crippen molar-refractivity contribution in [1.29, 1.82) is 0 Å². The number of esters is 1. The molecule has 0 saturated heterocycles. The van der Waals surface area contributed by atoms with Crippen LogP contribution in [0.15, 0.2) is 15.3 Å². The highest BCUT2D eigenvalue weighted by Crippen LogP contribution is 2.29. The van der Waals surface area contributed by atoms with E-state index in [0.717, 1.165) is 0 Å². The molecule has 0 bridgehead atoms. The third kappa shape index (κ3) is 46.4. The van der Waals surface area contributed by atoms with Crippen LogP contribution in [0, 0.1) is 29.1 Å². The zero-order valence-electron chi connectivity index (χ0n) is 52.2. The highest BCUT2D eigenvalue weighted by atomic mass is 19.2. The lowest BCUT2D eigenvalue weighted by Gasteiger charge is -2.23. The molecule has 1 aromatic carbocycles. The summed E-state index contributed by atoms with van der Waals surface area (Å²) in [4.78, 5) is 98.2. The summed E-state index contributed by atoms with van der Waals surface area (Å²) in [5.41, 5.74) is 25.0.